The second kappa shape index (κ2) is 8.82. The fraction of sp³-hybridized carbons (Fsp3) is 0.182. The number of nitrogens with one attached hydrogen (secondary N) is 1. The van der Waals surface area contributed by atoms with Crippen LogP contribution in [0.1, 0.15) is 17.5 Å². The van der Waals surface area contributed by atoms with E-state index in [1.807, 2.05) is 5.38 Å². The summed E-state index contributed by atoms with van der Waals surface area (Å²) in [6, 6.07) is 13.6. The Morgan fingerprint density at radius 1 is 1.10 bits per heavy atom. The molecule has 0 atom stereocenters. The molecule has 6 nitrogen and oxygen atoms in total. The molecule has 156 valence electrons. The van der Waals surface area contributed by atoms with Gasteiger partial charge in [-0.2, -0.15) is 0 Å². The number of aryl methyl sites for hydroxylation is 2. The van der Waals surface area contributed by atoms with Crippen LogP contribution in [-0.2, 0) is 17.6 Å². The molecule has 5 rings (SSSR count). The van der Waals surface area contributed by atoms with E-state index >= 15 is 0 Å². The number of amides is 1. The van der Waals surface area contributed by atoms with Gasteiger partial charge in [-0.15, -0.1) is 21.5 Å². The monoisotopic (exact) mass is 468 g/mol. The quantitative estimate of drug-likeness (QED) is 0.364. The van der Waals surface area contributed by atoms with E-state index in [9.17, 15) is 4.79 Å². The Morgan fingerprint density at radius 3 is 2.77 bits per heavy atom. The average Bonchev–Trinajstić information content (AvgIpc) is 3.53. The number of benzene rings is 2. The number of aromatic nitrogens is 3. The van der Waals surface area contributed by atoms with E-state index < -0.39 is 0 Å². The molecule has 4 aromatic rings. The normalized spacial score (nSPS) is 12.7. The first-order valence-electron chi connectivity index (χ1n) is 9.74. The number of fused-ring (bicyclic) bond motifs is 1. The van der Waals surface area contributed by atoms with Gasteiger partial charge in [0.25, 0.3) is 5.22 Å². The standard InChI is InChI=1S/C22H17ClN4O2S2/c23-17-8-6-14(7-9-17)20-26-27-22(29-20)31-12-19(28)25-21-24-18(11-30-21)16-5-4-13-2-1-3-15(13)10-16/h4-11H,1-3,12H2,(H,24,25,28). The van der Waals surface area contributed by atoms with E-state index in [-0.39, 0.29) is 11.7 Å². The second-order valence-electron chi connectivity index (χ2n) is 7.09. The lowest BCUT2D eigenvalue weighted by Crippen LogP contribution is -2.13. The van der Waals surface area contributed by atoms with Gasteiger partial charge in [0.1, 0.15) is 0 Å². The lowest BCUT2D eigenvalue weighted by molar-refractivity contribution is -0.113. The van der Waals surface area contributed by atoms with Crippen molar-refractivity contribution in [2.24, 2.45) is 0 Å². The topological polar surface area (TPSA) is 80.9 Å². The summed E-state index contributed by atoms with van der Waals surface area (Å²) in [5.74, 6) is 0.361. The summed E-state index contributed by atoms with van der Waals surface area (Å²) < 4.78 is 5.61. The SMILES string of the molecule is O=C(CSc1nnc(-c2ccc(Cl)cc2)o1)Nc1nc(-c2ccc3c(c2)CCC3)cs1. The molecule has 0 saturated carbocycles. The number of hydrogen-bond acceptors (Lipinski definition) is 7. The third-order valence-corrected chi connectivity index (χ3v) is 6.80. The van der Waals surface area contributed by atoms with Gasteiger partial charge < -0.3 is 9.73 Å². The zero-order chi connectivity index (χ0) is 21.2. The number of nitrogens with zero attached hydrogens (tertiary/aromatic N) is 3. The van der Waals surface area contributed by atoms with Crippen molar-refractivity contribution in [3.63, 3.8) is 0 Å². The number of halogens is 1. The van der Waals surface area contributed by atoms with Crippen LogP contribution >= 0.6 is 34.7 Å². The maximum Gasteiger partial charge on any atom is 0.277 e. The van der Waals surface area contributed by atoms with E-state index in [1.165, 1.54) is 40.6 Å². The smallest absolute Gasteiger partial charge is 0.277 e. The van der Waals surface area contributed by atoms with Crippen molar-refractivity contribution < 1.29 is 9.21 Å². The molecule has 2 heterocycles. The maximum absolute atomic E-state index is 12.3. The van der Waals surface area contributed by atoms with Crippen LogP contribution in [-0.4, -0.2) is 26.8 Å². The molecule has 9 heteroatoms. The number of rotatable bonds is 6. The summed E-state index contributed by atoms with van der Waals surface area (Å²) in [4.78, 5) is 16.9. The largest absolute Gasteiger partial charge is 0.411 e. The minimum absolute atomic E-state index is 0.149. The van der Waals surface area contributed by atoms with Gasteiger partial charge in [0.2, 0.25) is 11.8 Å². The lowest BCUT2D eigenvalue weighted by atomic mass is 10.1. The molecule has 1 amide bonds. The predicted octanol–water partition coefficient (Wildman–Crippen LogP) is 5.73. The van der Waals surface area contributed by atoms with Crippen molar-refractivity contribution in [3.05, 3.63) is 64.0 Å². The summed E-state index contributed by atoms with van der Waals surface area (Å²) in [5, 5.41) is 14.4. The molecule has 0 fully saturated rings. The zero-order valence-corrected chi connectivity index (χ0v) is 18.7. The van der Waals surface area contributed by atoms with Crippen LogP contribution in [0.3, 0.4) is 0 Å². The highest BCUT2D eigenvalue weighted by molar-refractivity contribution is 7.99. The van der Waals surface area contributed by atoms with Crippen molar-refractivity contribution in [1.29, 1.82) is 0 Å². The van der Waals surface area contributed by atoms with Gasteiger partial charge in [-0.1, -0.05) is 35.5 Å². The van der Waals surface area contributed by atoms with Gasteiger partial charge in [0, 0.05) is 21.5 Å². The fourth-order valence-corrected chi connectivity index (χ4v) is 4.88. The van der Waals surface area contributed by atoms with Gasteiger partial charge >= 0.3 is 0 Å². The highest BCUT2D eigenvalue weighted by Gasteiger charge is 2.15. The highest BCUT2D eigenvalue weighted by Crippen LogP contribution is 2.30. The molecule has 2 aromatic carbocycles. The van der Waals surface area contributed by atoms with Crippen molar-refractivity contribution >= 4 is 45.7 Å². The van der Waals surface area contributed by atoms with Crippen molar-refractivity contribution in [2.45, 2.75) is 24.5 Å². The molecular weight excluding hydrogens is 452 g/mol. The molecule has 0 bridgehead atoms. The Bertz CT molecular complexity index is 1240. The predicted molar refractivity (Wildman–Crippen MR) is 124 cm³/mol. The molecule has 0 spiro atoms. The van der Waals surface area contributed by atoms with E-state index in [0.29, 0.717) is 21.3 Å². The van der Waals surface area contributed by atoms with E-state index in [4.69, 9.17) is 16.0 Å². The molecule has 0 radical (unpaired) electrons. The fourth-order valence-electron chi connectivity index (χ4n) is 3.45. The van der Waals surface area contributed by atoms with Gasteiger partial charge in [-0.05, 0) is 60.7 Å². The number of anilines is 1. The van der Waals surface area contributed by atoms with Crippen LogP contribution in [0.5, 0.6) is 0 Å². The van der Waals surface area contributed by atoms with Gasteiger partial charge in [-0.25, -0.2) is 4.98 Å². The number of carbonyl (C=O) groups excluding carboxylic acids is 1. The summed E-state index contributed by atoms with van der Waals surface area (Å²) in [6.45, 7) is 0. The minimum Gasteiger partial charge on any atom is -0.411 e. The van der Waals surface area contributed by atoms with Crippen LogP contribution in [0.25, 0.3) is 22.7 Å². The second-order valence-corrected chi connectivity index (χ2v) is 9.31. The van der Waals surface area contributed by atoms with E-state index in [0.717, 1.165) is 29.7 Å². The first kappa shape index (κ1) is 20.2. The first-order chi connectivity index (χ1) is 15.1. The molecule has 0 saturated heterocycles. The van der Waals surface area contributed by atoms with Crippen LogP contribution in [0.4, 0.5) is 5.13 Å². The molecule has 0 unspecified atom stereocenters. The van der Waals surface area contributed by atoms with Crippen LogP contribution in [0.15, 0.2) is 57.5 Å². The Morgan fingerprint density at radius 2 is 1.90 bits per heavy atom. The van der Waals surface area contributed by atoms with Crippen LogP contribution < -0.4 is 5.32 Å². The van der Waals surface area contributed by atoms with Crippen molar-refractivity contribution in [1.82, 2.24) is 15.2 Å². The van der Waals surface area contributed by atoms with Gasteiger partial charge in [0.05, 0.1) is 11.4 Å². The lowest BCUT2D eigenvalue weighted by Gasteiger charge is -2.02. The Balaban J connectivity index is 1.18. The summed E-state index contributed by atoms with van der Waals surface area (Å²) in [7, 11) is 0. The highest BCUT2D eigenvalue weighted by atomic mass is 35.5. The number of thiazole rings is 1. The third-order valence-electron chi connectivity index (χ3n) is 4.97. The van der Waals surface area contributed by atoms with E-state index in [1.54, 1.807) is 24.3 Å². The Kier molecular flexibility index (Phi) is 5.76. The van der Waals surface area contributed by atoms with Gasteiger partial charge in [0.15, 0.2) is 5.13 Å². The molecule has 1 N–H and O–H groups in total. The van der Waals surface area contributed by atoms with Gasteiger partial charge in [-0.3, -0.25) is 4.79 Å². The number of hydrogen-bond donors (Lipinski definition) is 1. The van der Waals surface area contributed by atoms with Crippen LogP contribution in [0.2, 0.25) is 5.02 Å². The maximum atomic E-state index is 12.3. The summed E-state index contributed by atoms with van der Waals surface area (Å²) in [6.07, 6.45) is 3.51. The summed E-state index contributed by atoms with van der Waals surface area (Å²) in [5.41, 5.74) is 5.59. The van der Waals surface area contributed by atoms with Crippen LogP contribution in [0, 0.1) is 0 Å². The van der Waals surface area contributed by atoms with E-state index in [2.05, 4.69) is 38.7 Å². The number of carbonyl (C=O) groups is 1. The Labute approximate surface area is 192 Å². The molecule has 2 aromatic heterocycles. The third kappa shape index (κ3) is 4.66. The number of thioether (sulfide) groups is 1. The minimum atomic E-state index is -0.175. The zero-order valence-electron chi connectivity index (χ0n) is 16.3. The Hall–Kier alpha value is -2.68. The molecule has 0 aliphatic heterocycles. The molecule has 1 aliphatic rings. The molecular formula is C22H17ClN4O2S2. The molecule has 31 heavy (non-hydrogen) atoms. The van der Waals surface area contributed by atoms with Crippen molar-refractivity contribution in [3.8, 4) is 22.7 Å². The first-order valence-corrected chi connectivity index (χ1v) is 12.0. The summed E-state index contributed by atoms with van der Waals surface area (Å²) >= 11 is 8.49. The average molecular weight is 469 g/mol. The van der Waals surface area contributed by atoms with Crippen molar-refractivity contribution in [2.75, 3.05) is 11.1 Å². The molecule has 1 aliphatic carbocycles.